The maximum atomic E-state index is 12.5. The molecule has 4 heterocycles. The zero-order chi connectivity index (χ0) is 19.6. The second-order valence-corrected chi connectivity index (χ2v) is 7.56. The molecule has 2 saturated heterocycles. The first-order valence-corrected chi connectivity index (χ1v) is 9.98. The maximum absolute atomic E-state index is 12.5. The quantitative estimate of drug-likeness (QED) is 0.677. The summed E-state index contributed by atoms with van der Waals surface area (Å²) < 4.78 is 5.60. The molecular weight excluding hydrogens is 368 g/mol. The van der Waals surface area contributed by atoms with E-state index >= 15 is 0 Å². The van der Waals surface area contributed by atoms with Crippen molar-refractivity contribution in [3.05, 3.63) is 60.6 Å². The highest BCUT2D eigenvalue weighted by Crippen LogP contribution is 2.33. The van der Waals surface area contributed by atoms with Crippen LogP contribution in [-0.2, 0) is 4.79 Å². The van der Waals surface area contributed by atoms with Crippen LogP contribution in [0.1, 0.15) is 42.8 Å². The van der Waals surface area contributed by atoms with Crippen molar-refractivity contribution in [2.75, 3.05) is 29.4 Å². The minimum Gasteiger partial charge on any atom is -0.355 e. The molecule has 1 aromatic carbocycles. The molecule has 0 bridgehead atoms. The van der Waals surface area contributed by atoms with Gasteiger partial charge in [0.15, 0.2) is 5.82 Å². The van der Waals surface area contributed by atoms with Crippen LogP contribution in [0.4, 0.5) is 11.5 Å². The van der Waals surface area contributed by atoms with Gasteiger partial charge in [0.05, 0.1) is 6.20 Å². The first-order valence-electron chi connectivity index (χ1n) is 9.98. The number of anilines is 2. The highest BCUT2D eigenvalue weighted by atomic mass is 16.5. The molecule has 2 aromatic heterocycles. The second-order valence-electron chi connectivity index (χ2n) is 7.56. The van der Waals surface area contributed by atoms with E-state index in [-0.39, 0.29) is 17.7 Å². The van der Waals surface area contributed by atoms with E-state index in [4.69, 9.17) is 4.52 Å². The molecule has 1 unspecified atom stereocenters. The van der Waals surface area contributed by atoms with Gasteiger partial charge in [0, 0.05) is 56.0 Å². The molecular formula is C21H22N6O2. The van der Waals surface area contributed by atoms with Gasteiger partial charge in [0.2, 0.25) is 11.8 Å². The molecule has 0 aliphatic carbocycles. The Bertz CT molecular complexity index is 969. The van der Waals surface area contributed by atoms with Crippen molar-refractivity contribution in [3.8, 4) is 0 Å². The summed E-state index contributed by atoms with van der Waals surface area (Å²) in [6, 6.07) is 9.73. The summed E-state index contributed by atoms with van der Waals surface area (Å²) in [6.45, 7) is 2.35. The molecule has 1 amide bonds. The van der Waals surface area contributed by atoms with E-state index < -0.39 is 0 Å². The van der Waals surface area contributed by atoms with Crippen LogP contribution in [0, 0.1) is 0 Å². The summed E-state index contributed by atoms with van der Waals surface area (Å²) in [6.07, 6.45) is 7.46. The summed E-state index contributed by atoms with van der Waals surface area (Å²) >= 11 is 0. The molecule has 0 spiro atoms. The number of amides is 1. The van der Waals surface area contributed by atoms with Crippen LogP contribution >= 0.6 is 0 Å². The van der Waals surface area contributed by atoms with E-state index in [9.17, 15) is 4.79 Å². The first-order chi connectivity index (χ1) is 14.3. The van der Waals surface area contributed by atoms with Gasteiger partial charge in [-0.15, -0.1) is 0 Å². The highest BCUT2D eigenvalue weighted by molar-refractivity contribution is 5.96. The summed E-state index contributed by atoms with van der Waals surface area (Å²) in [5.41, 5.74) is 0.917. The second kappa shape index (κ2) is 7.62. The van der Waals surface area contributed by atoms with Gasteiger partial charge in [-0.05, 0) is 25.0 Å². The number of piperidine rings is 1. The van der Waals surface area contributed by atoms with Gasteiger partial charge in [-0.3, -0.25) is 9.78 Å². The number of carbonyl (C=O) groups is 1. The van der Waals surface area contributed by atoms with Gasteiger partial charge < -0.3 is 14.3 Å². The van der Waals surface area contributed by atoms with Crippen molar-refractivity contribution >= 4 is 17.4 Å². The highest BCUT2D eigenvalue weighted by Gasteiger charge is 2.35. The topological polar surface area (TPSA) is 88.2 Å². The van der Waals surface area contributed by atoms with Crippen molar-refractivity contribution in [3.63, 3.8) is 0 Å². The lowest BCUT2D eigenvalue weighted by Crippen LogP contribution is -2.33. The van der Waals surface area contributed by atoms with Crippen molar-refractivity contribution in [2.24, 2.45) is 0 Å². The van der Waals surface area contributed by atoms with Gasteiger partial charge >= 0.3 is 0 Å². The van der Waals surface area contributed by atoms with Gasteiger partial charge in [-0.2, -0.15) is 4.98 Å². The Labute approximate surface area is 168 Å². The van der Waals surface area contributed by atoms with E-state index in [1.807, 2.05) is 30.3 Å². The van der Waals surface area contributed by atoms with E-state index in [2.05, 4.69) is 25.0 Å². The molecule has 8 nitrogen and oxygen atoms in total. The number of hydrogen-bond donors (Lipinski definition) is 0. The van der Waals surface area contributed by atoms with Crippen LogP contribution in [0.15, 0.2) is 53.4 Å². The summed E-state index contributed by atoms with van der Waals surface area (Å²) in [4.78, 5) is 29.7. The molecule has 0 N–H and O–H groups in total. The first kappa shape index (κ1) is 17.8. The fourth-order valence-electron chi connectivity index (χ4n) is 4.13. The fourth-order valence-corrected chi connectivity index (χ4v) is 4.13. The summed E-state index contributed by atoms with van der Waals surface area (Å²) in [5.74, 6) is 2.55. The smallest absolute Gasteiger partial charge is 0.229 e. The molecule has 148 valence electrons. The van der Waals surface area contributed by atoms with Gasteiger partial charge in [-0.25, -0.2) is 4.98 Å². The van der Waals surface area contributed by atoms with Gasteiger partial charge in [0.25, 0.3) is 0 Å². The van der Waals surface area contributed by atoms with Gasteiger partial charge in [0.1, 0.15) is 5.82 Å². The molecule has 29 heavy (non-hydrogen) atoms. The molecule has 2 aliphatic rings. The van der Waals surface area contributed by atoms with Crippen LogP contribution in [0.25, 0.3) is 0 Å². The van der Waals surface area contributed by atoms with E-state index in [0.29, 0.717) is 24.7 Å². The monoisotopic (exact) mass is 390 g/mol. The van der Waals surface area contributed by atoms with Crippen LogP contribution < -0.4 is 9.80 Å². The predicted molar refractivity (Wildman–Crippen MR) is 107 cm³/mol. The third-order valence-corrected chi connectivity index (χ3v) is 5.73. The van der Waals surface area contributed by atoms with Crippen LogP contribution in [-0.4, -0.2) is 45.7 Å². The Balaban J connectivity index is 1.23. The van der Waals surface area contributed by atoms with E-state index in [1.54, 1.807) is 23.5 Å². The number of para-hydroxylation sites is 1. The van der Waals surface area contributed by atoms with E-state index in [1.165, 1.54) is 0 Å². The van der Waals surface area contributed by atoms with Crippen molar-refractivity contribution < 1.29 is 9.32 Å². The van der Waals surface area contributed by atoms with Crippen molar-refractivity contribution in [1.82, 2.24) is 20.1 Å². The average Bonchev–Trinajstić information content (AvgIpc) is 3.42. The Morgan fingerprint density at radius 1 is 1.03 bits per heavy atom. The summed E-state index contributed by atoms with van der Waals surface area (Å²) in [5, 5.41) is 4.21. The summed E-state index contributed by atoms with van der Waals surface area (Å²) in [7, 11) is 0. The van der Waals surface area contributed by atoms with Gasteiger partial charge in [-0.1, -0.05) is 23.4 Å². The Hall–Kier alpha value is -3.29. The zero-order valence-corrected chi connectivity index (χ0v) is 16.0. The predicted octanol–water partition coefficient (Wildman–Crippen LogP) is 2.76. The number of rotatable bonds is 4. The number of nitrogens with zero attached hydrogens (tertiary/aromatic N) is 6. The van der Waals surface area contributed by atoms with Crippen molar-refractivity contribution in [1.29, 1.82) is 0 Å². The lowest BCUT2D eigenvalue weighted by atomic mass is 9.96. The molecule has 0 saturated carbocycles. The van der Waals surface area contributed by atoms with Crippen LogP contribution in [0.5, 0.6) is 0 Å². The maximum Gasteiger partial charge on any atom is 0.229 e. The number of carbonyl (C=O) groups excluding carboxylic acids is 1. The number of benzene rings is 1. The largest absolute Gasteiger partial charge is 0.355 e. The minimum absolute atomic E-state index is 0.0279. The minimum atomic E-state index is -0.0279. The standard InChI is InChI=1S/C21H22N6O2/c28-19-12-16(14-27(19)17-4-2-1-3-5-17)20-24-21(29-25-20)15-6-10-26(11-7-15)18-13-22-8-9-23-18/h1-5,8-9,13,15-16H,6-7,10-12,14H2. The van der Waals surface area contributed by atoms with E-state index in [0.717, 1.165) is 37.4 Å². The number of hydrogen-bond acceptors (Lipinski definition) is 7. The number of aromatic nitrogens is 4. The van der Waals surface area contributed by atoms with Crippen LogP contribution in [0.2, 0.25) is 0 Å². The zero-order valence-electron chi connectivity index (χ0n) is 16.0. The molecule has 8 heteroatoms. The fraction of sp³-hybridized carbons (Fsp3) is 0.381. The molecule has 2 fully saturated rings. The average molecular weight is 390 g/mol. The third kappa shape index (κ3) is 3.57. The molecule has 1 atom stereocenters. The van der Waals surface area contributed by atoms with Crippen LogP contribution in [0.3, 0.4) is 0 Å². The SMILES string of the molecule is O=C1CC(c2noc(C3CCN(c4cnccn4)CC3)n2)CN1c1ccccc1. The third-order valence-electron chi connectivity index (χ3n) is 5.73. The molecule has 3 aromatic rings. The Morgan fingerprint density at radius 3 is 2.62 bits per heavy atom. The lowest BCUT2D eigenvalue weighted by molar-refractivity contribution is -0.117. The molecule has 0 radical (unpaired) electrons. The normalized spacial score (nSPS) is 20.4. The Morgan fingerprint density at radius 2 is 1.86 bits per heavy atom. The Kier molecular flexibility index (Phi) is 4.67. The molecule has 5 rings (SSSR count). The lowest BCUT2D eigenvalue weighted by Gasteiger charge is -2.30. The molecule has 2 aliphatic heterocycles. The van der Waals surface area contributed by atoms with Crippen molar-refractivity contribution in [2.45, 2.75) is 31.1 Å².